The van der Waals surface area contributed by atoms with E-state index in [1.807, 2.05) is 38.4 Å². The molecule has 0 heterocycles. The Morgan fingerprint density at radius 2 is 1.73 bits per heavy atom. The zero-order valence-electron chi connectivity index (χ0n) is 12.8. The van der Waals surface area contributed by atoms with Crippen molar-refractivity contribution in [1.82, 2.24) is 10.2 Å². The number of carbonyl (C=O) groups excluding carboxylic acids is 1. The third-order valence-electron chi connectivity index (χ3n) is 3.32. The molecule has 0 saturated heterocycles. The predicted molar refractivity (Wildman–Crippen MR) is 86.2 cm³/mol. The molecule has 0 saturated carbocycles. The molecule has 0 aliphatic rings. The molecule has 22 heavy (non-hydrogen) atoms. The van der Waals surface area contributed by atoms with E-state index in [-0.39, 0.29) is 5.91 Å². The smallest absolute Gasteiger partial charge is 0.251 e. The zero-order valence-corrected chi connectivity index (χ0v) is 12.8. The molecular formula is C18H19N3O. The van der Waals surface area contributed by atoms with Gasteiger partial charge in [0.25, 0.3) is 5.91 Å². The van der Waals surface area contributed by atoms with Crippen LogP contribution >= 0.6 is 0 Å². The summed E-state index contributed by atoms with van der Waals surface area (Å²) >= 11 is 0. The average molecular weight is 293 g/mol. The van der Waals surface area contributed by atoms with Crippen molar-refractivity contribution < 1.29 is 4.79 Å². The van der Waals surface area contributed by atoms with Gasteiger partial charge in [0, 0.05) is 18.7 Å². The van der Waals surface area contributed by atoms with Crippen molar-refractivity contribution in [3.05, 3.63) is 70.8 Å². The molecule has 112 valence electrons. The number of nitrogens with one attached hydrogen (secondary N) is 1. The average Bonchev–Trinajstić information content (AvgIpc) is 2.53. The number of amides is 1. The van der Waals surface area contributed by atoms with Crippen molar-refractivity contribution in [2.45, 2.75) is 13.1 Å². The molecule has 0 atom stereocenters. The van der Waals surface area contributed by atoms with E-state index in [9.17, 15) is 4.79 Å². The van der Waals surface area contributed by atoms with Crippen LogP contribution < -0.4 is 5.32 Å². The van der Waals surface area contributed by atoms with E-state index in [4.69, 9.17) is 5.26 Å². The van der Waals surface area contributed by atoms with Gasteiger partial charge in [-0.15, -0.1) is 0 Å². The molecule has 2 aromatic rings. The third-order valence-corrected chi connectivity index (χ3v) is 3.32. The monoisotopic (exact) mass is 293 g/mol. The molecule has 0 fully saturated rings. The molecule has 2 aromatic carbocycles. The Morgan fingerprint density at radius 3 is 2.32 bits per heavy atom. The van der Waals surface area contributed by atoms with Crippen molar-refractivity contribution in [2.24, 2.45) is 0 Å². The van der Waals surface area contributed by atoms with E-state index in [1.165, 1.54) is 5.56 Å². The van der Waals surface area contributed by atoms with E-state index >= 15 is 0 Å². The molecule has 0 aliphatic carbocycles. The lowest BCUT2D eigenvalue weighted by molar-refractivity contribution is 0.0951. The summed E-state index contributed by atoms with van der Waals surface area (Å²) in [4.78, 5) is 14.2. The van der Waals surface area contributed by atoms with Gasteiger partial charge in [-0.25, -0.2) is 0 Å². The first-order chi connectivity index (χ1) is 10.6. The summed E-state index contributed by atoms with van der Waals surface area (Å²) < 4.78 is 0. The van der Waals surface area contributed by atoms with E-state index in [2.05, 4.69) is 16.3 Å². The molecule has 1 N–H and O–H groups in total. The fraction of sp³-hybridized carbons (Fsp3) is 0.222. The minimum atomic E-state index is -0.135. The van der Waals surface area contributed by atoms with Crippen LogP contribution in [-0.4, -0.2) is 24.9 Å². The van der Waals surface area contributed by atoms with Crippen molar-refractivity contribution in [3.63, 3.8) is 0 Å². The second kappa shape index (κ2) is 7.39. The predicted octanol–water partition coefficient (Wildman–Crippen LogP) is 2.55. The van der Waals surface area contributed by atoms with E-state index in [1.54, 1.807) is 24.3 Å². The minimum absolute atomic E-state index is 0.135. The van der Waals surface area contributed by atoms with Gasteiger partial charge in [-0.2, -0.15) is 5.26 Å². The van der Waals surface area contributed by atoms with Crippen molar-refractivity contribution >= 4 is 5.91 Å². The summed E-state index contributed by atoms with van der Waals surface area (Å²) in [5.41, 5.74) is 3.42. The molecular weight excluding hydrogens is 274 g/mol. The van der Waals surface area contributed by atoms with Gasteiger partial charge in [0.1, 0.15) is 0 Å². The van der Waals surface area contributed by atoms with Gasteiger partial charge in [0.05, 0.1) is 11.6 Å². The highest BCUT2D eigenvalue weighted by molar-refractivity contribution is 5.94. The van der Waals surface area contributed by atoms with Crippen LogP contribution in [0.25, 0.3) is 0 Å². The number of carbonyl (C=O) groups is 1. The number of hydrogen-bond acceptors (Lipinski definition) is 3. The van der Waals surface area contributed by atoms with Crippen molar-refractivity contribution in [3.8, 4) is 6.07 Å². The molecule has 0 aliphatic heterocycles. The number of nitriles is 1. The second-order valence-corrected chi connectivity index (χ2v) is 5.38. The topological polar surface area (TPSA) is 56.1 Å². The normalized spacial score (nSPS) is 10.3. The van der Waals surface area contributed by atoms with Crippen LogP contribution in [-0.2, 0) is 13.1 Å². The molecule has 0 spiro atoms. The van der Waals surface area contributed by atoms with Gasteiger partial charge in [-0.3, -0.25) is 4.79 Å². The van der Waals surface area contributed by atoms with Crippen molar-refractivity contribution in [1.29, 1.82) is 5.26 Å². The standard InChI is InChI=1S/C18H19N3O/c1-21(2)13-17-6-4-3-5-16(17)12-20-18(22)15-9-7-14(11-19)8-10-15/h3-10H,12-13H2,1-2H3,(H,20,22). The number of nitrogens with zero attached hydrogens (tertiary/aromatic N) is 2. The molecule has 1 amide bonds. The molecule has 0 aromatic heterocycles. The lowest BCUT2D eigenvalue weighted by Gasteiger charge is -2.14. The van der Waals surface area contributed by atoms with Gasteiger partial charge in [-0.05, 0) is 49.5 Å². The SMILES string of the molecule is CN(C)Cc1ccccc1CNC(=O)c1ccc(C#N)cc1. The zero-order chi connectivity index (χ0) is 15.9. The fourth-order valence-corrected chi connectivity index (χ4v) is 2.20. The highest BCUT2D eigenvalue weighted by Gasteiger charge is 2.07. The van der Waals surface area contributed by atoms with Gasteiger partial charge in [0.15, 0.2) is 0 Å². The quantitative estimate of drug-likeness (QED) is 0.921. The molecule has 4 nitrogen and oxygen atoms in total. The highest BCUT2D eigenvalue weighted by atomic mass is 16.1. The van der Waals surface area contributed by atoms with Crippen LogP contribution in [0.3, 0.4) is 0 Å². The first-order valence-electron chi connectivity index (χ1n) is 7.10. The Labute approximate surface area is 131 Å². The molecule has 2 rings (SSSR count). The maximum absolute atomic E-state index is 12.1. The van der Waals surface area contributed by atoms with E-state index < -0.39 is 0 Å². The summed E-state index contributed by atoms with van der Waals surface area (Å²) in [5, 5.41) is 11.7. The van der Waals surface area contributed by atoms with Crippen LogP contribution in [0, 0.1) is 11.3 Å². The van der Waals surface area contributed by atoms with Gasteiger partial charge >= 0.3 is 0 Å². The molecule has 0 radical (unpaired) electrons. The Hall–Kier alpha value is -2.64. The van der Waals surface area contributed by atoms with E-state index in [0.717, 1.165) is 12.1 Å². The first kappa shape index (κ1) is 15.7. The Kier molecular flexibility index (Phi) is 5.29. The van der Waals surface area contributed by atoms with Crippen LogP contribution in [0.1, 0.15) is 27.0 Å². The van der Waals surface area contributed by atoms with E-state index in [0.29, 0.717) is 17.7 Å². The Balaban J connectivity index is 2.03. The summed E-state index contributed by atoms with van der Waals surface area (Å²) in [6, 6.07) is 16.7. The lowest BCUT2D eigenvalue weighted by atomic mass is 10.1. The maximum Gasteiger partial charge on any atom is 0.251 e. The van der Waals surface area contributed by atoms with Crippen LogP contribution in [0.4, 0.5) is 0 Å². The summed E-state index contributed by atoms with van der Waals surface area (Å²) in [7, 11) is 4.04. The van der Waals surface area contributed by atoms with Crippen LogP contribution in [0.5, 0.6) is 0 Å². The van der Waals surface area contributed by atoms with Crippen LogP contribution in [0.2, 0.25) is 0 Å². The Bertz CT molecular complexity index is 684. The van der Waals surface area contributed by atoms with Crippen molar-refractivity contribution in [2.75, 3.05) is 14.1 Å². The number of benzene rings is 2. The van der Waals surface area contributed by atoms with Gasteiger partial charge < -0.3 is 10.2 Å². The van der Waals surface area contributed by atoms with Gasteiger partial charge in [-0.1, -0.05) is 24.3 Å². The number of rotatable bonds is 5. The molecule has 0 bridgehead atoms. The largest absolute Gasteiger partial charge is 0.348 e. The third kappa shape index (κ3) is 4.18. The lowest BCUT2D eigenvalue weighted by Crippen LogP contribution is -2.24. The fourth-order valence-electron chi connectivity index (χ4n) is 2.20. The summed E-state index contributed by atoms with van der Waals surface area (Å²) in [6.07, 6.45) is 0. The second-order valence-electron chi connectivity index (χ2n) is 5.38. The van der Waals surface area contributed by atoms with Gasteiger partial charge in [0.2, 0.25) is 0 Å². The highest BCUT2D eigenvalue weighted by Crippen LogP contribution is 2.11. The minimum Gasteiger partial charge on any atom is -0.348 e. The Morgan fingerprint density at radius 1 is 1.09 bits per heavy atom. The molecule has 4 heteroatoms. The summed E-state index contributed by atoms with van der Waals surface area (Å²) in [6.45, 7) is 1.33. The molecule has 0 unspecified atom stereocenters. The first-order valence-corrected chi connectivity index (χ1v) is 7.10. The summed E-state index contributed by atoms with van der Waals surface area (Å²) in [5.74, 6) is -0.135. The number of hydrogen-bond donors (Lipinski definition) is 1. The maximum atomic E-state index is 12.1. The van der Waals surface area contributed by atoms with Crippen LogP contribution in [0.15, 0.2) is 48.5 Å².